The summed E-state index contributed by atoms with van der Waals surface area (Å²) in [5.41, 5.74) is 0.575. The summed E-state index contributed by atoms with van der Waals surface area (Å²) in [7, 11) is 0. The summed E-state index contributed by atoms with van der Waals surface area (Å²) >= 11 is 1.16. The Labute approximate surface area is 97.5 Å². The van der Waals surface area contributed by atoms with E-state index in [4.69, 9.17) is 0 Å². The first kappa shape index (κ1) is 12.6. The zero-order chi connectivity index (χ0) is 12.0. The smallest absolute Gasteiger partial charge is 0.186 e. The molecule has 0 radical (unpaired) electrons. The minimum absolute atomic E-state index is 0.0273. The van der Waals surface area contributed by atoms with Crippen LogP contribution in [0.15, 0.2) is 24.3 Å². The Bertz CT molecular complexity index is 427. The summed E-state index contributed by atoms with van der Waals surface area (Å²) in [6.45, 7) is 1.48. The Kier molecular flexibility index (Phi) is 4.92. The number of halogens is 1. The maximum Gasteiger partial charge on any atom is 0.186 e. The third kappa shape index (κ3) is 3.62. The van der Waals surface area contributed by atoms with Crippen LogP contribution in [0.3, 0.4) is 0 Å². The molecule has 0 aliphatic rings. The molecule has 0 saturated heterocycles. The summed E-state index contributed by atoms with van der Waals surface area (Å²) < 4.78 is 13.2. The third-order valence-corrected chi connectivity index (χ3v) is 2.65. The number of carbonyl (C=O) groups is 2. The van der Waals surface area contributed by atoms with Gasteiger partial charge in [-0.15, -0.1) is 0 Å². The minimum Gasteiger partial charge on any atom is -0.298 e. The van der Waals surface area contributed by atoms with E-state index in [0.717, 1.165) is 11.8 Å². The van der Waals surface area contributed by atoms with E-state index in [0.29, 0.717) is 17.6 Å². The fraction of sp³-hybridized carbons (Fsp3) is 0.167. The summed E-state index contributed by atoms with van der Waals surface area (Å²) in [5.74, 6) is -0.0131. The van der Waals surface area contributed by atoms with Crippen molar-refractivity contribution in [2.24, 2.45) is 0 Å². The molecule has 1 aromatic rings. The average molecular weight is 238 g/mol. The van der Waals surface area contributed by atoms with Crippen LogP contribution in [0.2, 0.25) is 0 Å². The molecule has 1 rings (SSSR count). The second-order valence-electron chi connectivity index (χ2n) is 3.07. The van der Waals surface area contributed by atoms with E-state index < -0.39 is 5.82 Å². The SMILES string of the molecule is CC(=O)SCC=Cc1cccc(F)c1C=O. The zero-order valence-electron chi connectivity index (χ0n) is 8.77. The van der Waals surface area contributed by atoms with Crippen LogP contribution in [-0.4, -0.2) is 17.2 Å². The molecule has 0 N–H and O–H groups in total. The lowest BCUT2D eigenvalue weighted by atomic mass is 10.1. The van der Waals surface area contributed by atoms with Crippen molar-refractivity contribution in [3.05, 3.63) is 41.2 Å². The Morgan fingerprint density at radius 2 is 2.25 bits per heavy atom. The molecule has 2 nitrogen and oxygen atoms in total. The van der Waals surface area contributed by atoms with Gasteiger partial charge >= 0.3 is 0 Å². The van der Waals surface area contributed by atoms with Crippen molar-refractivity contribution in [1.29, 1.82) is 0 Å². The molecule has 0 saturated carbocycles. The first-order chi connectivity index (χ1) is 7.65. The predicted molar refractivity (Wildman–Crippen MR) is 64.0 cm³/mol. The fourth-order valence-corrected chi connectivity index (χ4v) is 1.59. The van der Waals surface area contributed by atoms with Crippen molar-refractivity contribution >= 4 is 29.2 Å². The lowest BCUT2D eigenvalue weighted by Crippen LogP contribution is -1.91. The molecule has 0 fully saturated rings. The van der Waals surface area contributed by atoms with Gasteiger partial charge in [0.05, 0.1) is 5.56 Å². The molecule has 0 spiro atoms. The Morgan fingerprint density at radius 1 is 1.50 bits per heavy atom. The summed E-state index contributed by atoms with van der Waals surface area (Å²) in [5, 5.41) is 0.0273. The van der Waals surface area contributed by atoms with Crippen LogP contribution < -0.4 is 0 Å². The van der Waals surface area contributed by atoms with Crippen LogP contribution in [0, 0.1) is 5.82 Å². The maximum atomic E-state index is 13.2. The standard InChI is InChI=1S/C12H11FO2S/c1-9(15)16-7-3-5-10-4-2-6-12(13)11(10)8-14/h2-6,8H,7H2,1H3. The highest BCUT2D eigenvalue weighted by atomic mass is 32.2. The Morgan fingerprint density at radius 3 is 2.88 bits per heavy atom. The molecular weight excluding hydrogens is 227 g/mol. The second kappa shape index (κ2) is 6.23. The molecule has 0 heterocycles. The van der Waals surface area contributed by atoms with E-state index in [2.05, 4.69) is 0 Å². The van der Waals surface area contributed by atoms with Crippen molar-refractivity contribution in [3.8, 4) is 0 Å². The lowest BCUT2D eigenvalue weighted by Gasteiger charge is -1.99. The fourth-order valence-electron chi connectivity index (χ4n) is 1.16. The molecule has 0 aliphatic carbocycles. The highest BCUT2D eigenvalue weighted by molar-refractivity contribution is 8.13. The number of benzene rings is 1. The minimum atomic E-state index is -0.531. The third-order valence-electron chi connectivity index (χ3n) is 1.88. The molecule has 0 amide bonds. The van der Waals surface area contributed by atoms with Crippen molar-refractivity contribution in [1.82, 2.24) is 0 Å². The van der Waals surface area contributed by atoms with Crippen LogP contribution in [0.4, 0.5) is 4.39 Å². The molecule has 4 heteroatoms. The number of aldehydes is 1. The topological polar surface area (TPSA) is 34.1 Å². The van der Waals surface area contributed by atoms with Gasteiger partial charge in [-0.2, -0.15) is 0 Å². The second-order valence-corrected chi connectivity index (χ2v) is 4.26. The van der Waals surface area contributed by atoms with Crippen molar-refractivity contribution < 1.29 is 14.0 Å². The number of rotatable bonds is 4. The van der Waals surface area contributed by atoms with Crippen molar-refractivity contribution in [2.75, 3.05) is 5.75 Å². The van der Waals surface area contributed by atoms with Gasteiger partial charge in [0.25, 0.3) is 0 Å². The first-order valence-corrected chi connectivity index (χ1v) is 5.67. The maximum absolute atomic E-state index is 13.2. The normalized spacial score (nSPS) is 10.6. The van der Waals surface area contributed by atoms with Crippen molar-refractivity contribution in [2.45, 2.75) is 6.92 Å². The van der Waals surface area contributed by atoms with Gasteiger partial charge in [-0.05, 0) is 11.6 Å². The van der Waals surface area contributed by atoms with E-state index >= 15 is 0 Å². The number of hydrogen-bond donors (Lipinski definition) is 0. The zero-order valence-corrected chi connectivity index (χ0v) is 9.59. The lowest BCUT2D eigenvalue weighted by molar-refractivity contribution is -0.109. The van der Waals surface area contributed by atoms with E-state index in [9.17, 15) is 14.0 Å². The van der Waals surface area contributed by atoms with Crippen LogP contribution in [-0.2, 0) is 4.79 Å². The molecule has 0 aromatic heterocycles. The Hall–Kier alpha value is -1.42. The van der Waals surface area contributed by atoms with Crippen LogP contribution in [0.5, 0.6) is 0 Å². The summed E-state index contributed by atoms with van der Waals surface area (Å²) in [6.07, 6.45) is 3.86. The van der Waals surface area contributed by atoms with Gasteiger partial charge in [0.1, 0.15) is 5.82 Å². The number of carbonyl (C=O) groups excluding carboxylic acids is 2. The largest absolute Gasteiger partial charge is 0.298 e. The monoisotopic (exact) mass is 238 g/mol. The van der Waals surface area contributed by atoms with Gasteiger partial charge in [0.2, 0.25) is 0 Å². The predicted octanol–water partition coefficient (Wildman–Crippen LogP) is 2.93. The van der Waals surface area contributed by atoms with Gasteiger partial charge in [-0.25, -0.2) is 4.39 Å². The van der Waals surface area contributed by atoms with Crippen LogP contribution in [0.25, 0.3) is 6.08 Å². The Balaban J connectivity index is 2.76. The van der Waals surface area contributed by atoms with E-state index in [1.165, 1.54) is 13.0 Å². The van der Waals surface area contributed by atoms with Gasteiger partial charge in [-0.1, -0.05) is 36.0 Å². The number of hydrogen-bond acceptors (Lipinski definition) is 3. The van der Waals surface area contributed by atoms with Gasteiger partial charge in [0, 0.05) is 12.7 Å². The summed E-state index contributed by atoms with van der Waals surface area (Å²) in [6, 6.07) is 4.44. The van der Waals surface area contributed by atoms with E-state index in [1.807, 2.05) is 0 Å². The summed E-state index contributed by atoms with van der Waals surface area (Å²) in [4.78, 5) is 21.3. The highest BCUT2D eigenvalue weighted by Crippen LogP contribution is 2.13. The molecule has 84 valence electrons. The molecule has 1 aromatic carbocycles. The molecule has 0 bridgehead atoms. The van der Waals surface area contributed by atoms with Crippen molar-refractivity contribution in [3.63, 3.8) is 0 Å². The average Bonchev–Trinajstić information content (AvgIpc) is 2.24. The molecule has 16 heavy (non-hydrogen) atoms. The quantitative estimate of drug-likeness (QED) is 0.756. The molecular formula is C12H11FO2S. The van der Waals surface area contributed by atoms with Gasteiger partial charge in [-0.3, -0.25) is 9.59 Å². The van der Waals surface area contributed by atoms with Gasteiger partial charge in [0.15, 0.2) is 11.4 Å². The molecule has 0 unspecified atom stereocenters. The highest BCUT2D eigenvalue weighted by Gasteiger charge is 2.03. The van der Waals surface area contributed by atoms with Crippen LogP contribution in [0.1, 0.15) is 22.8 Å². The van der Waals surface area contributed by atoms with Crippen LogP contribution >= 0.6 is 11.8 Å². The molecule has 0 atom stereocenters. The first-order valence-electron chi connectivity index (χ1n) is 4.68. The van der Waals surface area contributed by atoms with Gasteiger partial charge < -0.3 is 0 Å². The van der Waals surface area contributed by atoms with E-state index in [-0.39, 0.29) is 10.7 Å². The van der Waals surface area contributed by atoms with E-state index in [1.54, 1.807) is 24.3 Å². The molecule has 0 aliphatic heterocycles. The number of thioether (sulfide) groups is 1.